The third-order valence-electron chi connectivity index (χ3n) is 3.20. The van der Waals surface area contributed by atoms with Gasteiger partial charge in [0.1, 0.15) is 10.8 Å². The van der Waals surface area contributed by atoms with E-state index in [1.807, 2.05) is 12.1 Å². The van der Waals surface area contributed by atoms with Crippen LogP contribution in [0.4, 0.5) is 5.95 Å². The molecular weight excluding hydrogens is 286 g/mol. The summed E-state index contributed by atoms with van der Waals surface area (Å²) in [7, 11) is 0. The number of hydrogen-bond acceptors (Lipinski definition) is 4. The van der Waals surface area contributed by atoms with Gasteiger partial charge in [-0.1, -0.05) is 51.4 Å². The van der Waals surface area contributed by atoms with Gasteiger partial charge in [-0.15, -0.1) is 0 Å². The lowest BCUT2D eigenvalue weighted by molar-refractivity contribution is 0.439. The number of aromatic nitrogens is 2. The summed E-state index contributed by atoms with van der Waals surface area (Å²) in [6.45, 7) is 8.56. The fourth-order valence-corrected chi connectivity index (χ4v) is 2.14. The lowest BCUT2D eigenvalue weighted by Crippen LogP contribution is -2.13. The van der Waals surface area contributed by atoms with Gasteiger partial charge in [0, 0.05) is 5.56 Å². The molecule has 0 bridgehead atoms. The van der Waals surface area contributed by atoms with Crippen LogP contribution in [0.3, 0.4) is 0 Å². The van der Waals surface area contributed by atoms with Crippen molar-refractivity contribution < 1.29 is 4.74 Å². The Morgan fingerprint density at radius 3 is 2.62 bits per heavy atom. The van der Waals surface area contributed by atoms with Gasteiger partial charge in [-0.2, -0.15) is 4.98 Å². The first-order valence-electron chi connectivity index (χ1n) is 6.90. The van der Waals surface area contributed by atoms with E-state index in [9.17, 15) is 0 Å². The molecule has 5 heteroatoms. The molecule has 2 aromatic rings. The number of rotatable bonds is 3. The van der Waals surface area contributed by atoms with Crippen molar-refractivity contribution in [3.05, 3.63) is 40.5 Å². The number of nitrogen functional groups attached to an aromatic ring is 1. The average Bonchev–Trinajstić information content (AvgIpc) is 2.42. The first kappa shape index (κ1) is 15.6. The second-order valence-electron chi connectivity index (χ2n) is 5.92. The van der Waals surface area contributed by atoms with Gasteiger partial charge in [0.05, 0.1) is 6.20 Å². The Labute approximate surface area is 130 Å². The Morgan fingerprint density at radius 2 is 2.00 bits per heavy atom. The molecule has 0 aliphatic carbocycles. The molecule has 2 rings (SSSR count). The topological polar surface area (TPSA) is 61.0 Å². The van der Waals surface area contributed by atoms with Gasteiger partial charge in [-0.05, 0) is 23.5 Å². The summed E-state index contributed by atoms with van der Waals surface area (Å²) in [5, 5.41) is 0.337. The van der Waals surface area contributed by atoms with Crippen LogP contribution in [-0.4, -0.2) is 9.97 Å². The molecule has 0 fully saturated rings. The predicted molar refractivity (Wildman–Crippen MR) is 86.0 cm³/mol. The molecule has 112 valence electrons. The quantitative estimate of drug-likeness (QED) is 0.915. The van der Waals surface area contributed by atoms with Crippen LogP contribution in [0.5, 0.6) is 11.6 Å². The molecule has 0 amide bonds. The van der Waals surface area contributed by atoms with E-state index in [0.717, 1.165) is 17.7 Å². The van der Waals surface area contributed by atoms with Crippen LogP contribution in [0.2, 0.25) is 5.02 Å². The van der Waals surface area contributed by atoms with Crippen molar-refractivity contribution in [2.75, 3.05) is 5.73 Å². The molecule has 1 aromatic heterocycles. The van der Waals surface area contributed by atoms with E-state index in [0.29, 0.717) is 5.02 Å². The van der Waals surface area contributed by atoms with Crippen LogP contribution in [0.15, 0.2) is 24.4 Å². The highest BCUT2D eigenvalue weighted by Gasteiger charge is 2.21. The fraction of sp³-hybridized carbons (Fsp3) is 0.375. The molecule has 0 saturated heterocycles. The maximum Gasteiger partial charge on any atom is 0.243 e. The Kier molecular flexibility index (Phi) is 4.37. The smallest absolute Gasteiger partial charge is 0.243 e. The lowest BCUT2D eigenvalue weighted by atomic mass is 9.85. The largest absolute Gasteiger partial charge is 0.437 e. The molecule has 0 saturated carbocycles. The molecule has 0 atom stereocenters. The van der Waals surface area contributed by atoms with E-state index in [4.69, 9.17) is 22.1 Å². The summed E-state index contributed by atoms with van der Waals surface area (Å²) in [6.07, 6.45) is 2.42. The number of nitrogens with zero attached hydrogens (tertiary/aromatic N) is 2. The molecule has 21 heavy (non-hydrogen) atoms. The van der Waals surface area contributed by atoms with Crippen LogP contribution in [0.25, 0.3) is 0 Å². The second kappa shape index (κ2) is 5.90. The first-order chi connectivity index (χ1) is 9.81. The van der Waals surface area contributed by atoms with Gasteiger partial charge < -0.3 is 10.5 Å². The van der Waals surface area contributed by atoms with Crippen molar-refractivity contribution in [2.45, 2.75) is 39.5 Å². The van der Waals surface area contributed by atoms with Crippen molar-refractivity contribution in [1.82, 2.24) is 9.97 Å². The average molecular weight is 306 g/mol. The highest BCUT2D eigenvalue weighted by molar-refractivity contribution is 6.31. The summed E-state index contributed by atoms with van der Waals surface area (Å²) in [4.78, 5) is 7.88. The van der Waals surface area contributed by atoms with Crippen molar-refractivity contribution in [2.24, 2.45) is 0 Å². The Bertz CT molecular complexity index is 650. The maximum atomic E-state index is 6.07. The first-order valence-corrected chi connectivity index (χ1v) is 7.28. The van der Waals surface area contributed by atoms with E-state index < -0.39 is 0 Å². The van der Waals surface area contributed by atoms with Gasteiger partial charge >= 0.3 is 0 Å². The van der Waals surface area contributed by atoms with Crippen LogP contribution in [0.1, 0.15) is 38.8 Å². The van der Waals surface area contributed by atoms with Gasteiger partial charge in [0.15, 0.2) is 0 Å². The zero-order valence-corrected chi connectivity index (χ0v) is 13.5. The summed E-state index contributed by atoms with van der Waals surface area (Å²) >= 11 is 6.07. The van der Waals surface area contributed by atoms with Gasteiger partial charge in [0.2, 0.25) is 11.8 Å². The summed E-state index contributed by atoms with van der Waals surface area (Å²) in [5.41, 5.74) is 7.91. The molecule has 1 aromatic carbocycles. The minimum atomic E-state index is -0.0500. The van der Waals surface area contributed by atoms with E-state index in [1.165, 1.54) is 11.8 Å². The molecule has 4 nitrogen and oxygen atoms in total. The molecular formula is C16H20ClN3O. The number of ether oxygens (including phenoxy) is 1. The molecule has 0 spiro atoms. The van der Waals surface area contributed by atoms with Gasteiger partial charge in [-0.25, -0.2) is 4.98 Å². The van der Waals surface area contributed by atoms with Crippen LogP contribution < -0.4 is 10.5 Å². The number of benzene rings is 1. The normalized spacial score (nSPS) is 11.5. The Morgan fingerprint density at radius 1 is 1.29 bits per heavy atom. The monoisotopic (exact) mass is 305 g/mol. The maximum absolute atomic E-state index is 6.07. The standard InChI is InChI=1S/C16H20ClN3O/c1-5-10-6-7-13(11(8-10)16(2,3)4)21-14-12(17)9-19-15(18)20-14/h6-9H,5H2,1-4H3,(H2,18,19,20). The Balaban J connectivity index is 2.46. The summed E-state index contributed by atoms with van der Waals surface area (Å²) < 4.78 is 5.88. The highest BCUT2D eigenvalue weighted by atomic mass is 35.5. The molecule has 0 aliphatic rings. The van der Waals surface area contributed by atoms with Crippen molar-refractivity contribution in [3.63, 3.8) is 0 Å². The molecule has 2 N–H and O–H groups in total. The number of anilines is 1. The van der Waals surface area contributed by atoms with E-state index in [1.54, 1.807) is 0 Å². The number of halogens is 1. The molecule has 0 radical (unpaired) electrons. The van der Waals surface area contributed by atoms with E-state index in [2.05, 4.69) is 43.7 Å². The zero-order valence-electron chi connectivity index (χ0n) is 12.8. The number of aryl methyl sites for hydroxylation is 1. The second-order valence-corrected chi connectivity index (χ2v) is 6.32. The minimum Gasteiger partial charge on any atom is -0.437 e. The van der Waals surface area contributed by atoms with E-state index >= 15 is 0 Å². The third-order valence-corrected chi connectivity index (χ3v) is 3.46. The van der Waals surface area contributed by atoms with Crippen LogP contribution in [-0.2, 0) is 11.8 Å². The fourth-order valence-electron chi connectivity index (χ4n) is 2.01. The van der Waals surface area contributed by atoms with Crippen LogP contribution >= 0.6 is 11.6 Å². The number of hydrogen-bond donors (Lipinski definition) is 1. The minimum absolute atomic E-state index is 0.0500. The number of nitrogens with two attached hydrogens (primary N) is 1. The summed E-state index contributed by atoms with van der Waals surface area (Å²) in [6, 6.07) is 6.16. The van der Waals surface area contributed by atoms with Gasteiger partial charge in [0.25, 0.3) is 0 Å². The van der Waals surface area contributed by atoms with Crippen molar-refractivity contribution in [3.8, 4) is 11.6 Å². The SMILES string of the molecule is CCc1ccc(Oc2nc(N)ncc2Cl)c(C(C)(C)C)c1. The van der Waals surface area contributed by atoms with Crippen molar-refractivity contribution >= 4 is 17.5 Å². The van der Waals surface area contributed by atoms with Crippen molar-refractivity contribution in [1.29, 1.82) is 0 Å². The van der Waals surface area contributed by atoms with Crippen LogP contribution in [0, 0.1) is 0 Å². The molecule has 1 heterocycles. The Hall–Kier alpha value is -1.81. The van der Waals surface area contributed by atoms with E-state index in [-0.39, 0.29) is 17.2 Å². The molecule has 0 aliphatic heterocycles. The zero-order chi connectivity index (χ0) is 15.6. The third kappa shape index (κ3) is 3.64. The predicted octanol–water partition coefficient (Wildman–Crippen LogP) is 4.36. The summed E-state index contributed by atoms with van der Waals surface area (Å²) in [5.74, 6) is 1.15. The van der Waals surface area contributed by atoms with Gasteiger partial charge in [-0.3, -0.25) is 0 Å². The highest BCUT2D eigenvalue weighted by Crippen LogP contribution is 2.36. The lowest BCUT2D eigenvalue weighted by Gasteiger charge is -2.23. The molecule has 0 unspecified atom stereocenters.